The van der Waals surface area contributed by atoms with E-state index in [0.717, 1.165) is 25.9 Å². The number of piperidine rings is 1. The Morgan fingerprint density at radius 3 is 3.04 bits per heavy atom. The number of amides is 1. The number of aromatic nitrogens is 2. The molecule has 1 unspecified atom stereocenters. The summed E-state index contributed by atoms with van der Waals surface area (Å²) >= 11 is 6.06. The highest BCUT2D eigenvalue weighted by Crippen LogP contribution is 2.27. The number of nitrogens with one attached hydrogen (secondary N) is 2. The SMILES string of the molecule is COc1ccc(NC(=O)c2ccn(C3CCCNC3)n2)cc1Cl. The fourth-order valence-electron chi connectivity index (χ4n) is 2.66. The molecule has 0 bridgehead atoms. The molecule has 0 aliphatic carbocycles. The van der Waals surface area contributed by atoms with Crippen LogP contribution in [-0.2, 0) is 0 Å². The zero-order valence-corrected chi connectivity index (χ0v) is 13.6. The Bertz CT molecular complexity index is 695. The van der Waals surface area contributed by atoms with Gasteiger partial charge in [-0.25, -0.2) is 0 Å². The molecule has 2 heterocycles. The van der Waals surface area contributed by atoms with Gasteiger partial charge in [0.05, 0.1) is 18.2 Å². The number of halogens is 1. The van der Waals surface area contributed by atoms with Crippen molar-refractivity contribution in [1.29, 1.82) is 0 Å². The molecular formula is C16H19ClN4O2. The Morgan fingerprint density at radius 1 is 1.48 bits per heavy atom. The average Bonchev–Trinajstić information content (AvgIpc) is 3.06. The molecular weight excluding hydrogens is 316 g/mol. The van der Waals surface area contributed by atoms with E-state index in [-0.39, 0.29) is 5.91 Å². The highest BCUT2D eigenvalue weighted by Gasteiger charge is 2.18. The molecule has 1 atom stereocenters. The lowest BCUT2D eigenvalue weighted by Gasteiger charge is -2.22. The molecule has 1 saturated heterocycles. The van der Waals surface area contributed by atoms with Crippen LogP contribution in [0.3, 0.4) is 0 Å². The van der Waals surface area contributed by atoms with E-state index >= 15 is 0 Å². The van der Waals surface area contributed by atoms with Gasteiger partial charge in [-0.15, -0.1) is 0 Å². The van der Waals surface area contributed by atoms with Gasteiger partial charge in [0, 0.05) is 18.4 Å². The number of methoxy groups -OCH3 is 1. The molecule has 23 heavy (non-hydrogen) atoms. The van der Waals surface area contributed by atoms with Crippen LogP contribution in [0.25, 0.3) is 0 Å². The number of rotatable bonds is 4. The molecule has 7 heteroatoms. The number of carbonyl (C=O) groups excluding carboxylic acids is 1. The van der Waals surface area contributed by atoms with Gasteiger partial charge < -0.3 is 15.4 Å². The van der Waals surface area contributed by atoms with E-state index in [9.17, 15) is 4.79 Å². The third-order valence-electron chi connectivity index (χ3n) is 3.90. The number of carbonyl (C=O) groups is 1. The maximum absolute atomic E-state index is 12.3. The quantitative estimate of drug-likeness (QED) is 0.902. The smallest absolute Gasteiger partial charge is 0.276 e. The van der Waals surface area contributed by atoms with Gasteiger partial charge >= 0.3 is 0 Å². The Labute approximate surface area is 139 Å². The van der Waals surface area contributed by atoms with Crippen molar-refractivity contribution in [3.05, 3.63) is 41.2 Å². The lowest BCUT2D eigenvalue weighted by Crippen LogP contribution is -2.32. The summed E-state index contributed by atoms with van der Waals surface area (Å²) in [6, 6.07) is 7.14. The van der Waals surface area contributed by atoms with Crippen LogP contribution < -0.4 is 15.4 Å². The molecule has 1 aromatic heterocycles. The molecule has 122 valence electrons. The Morgan fingerprint density at radius 2 is 2.35 bits per heavy atom. The second-order valence-electron chi connectivity index (χ2n) is 5.48. The van der Waals surface area contributed by atoms with Gasteiger partial charge in [-0.3, -0.25) is 9.48 Å². The van der Waals surface area contributed by atoms with Gasteiger partial charge in [-0.1, -0.05) is 11.6 Å². The van der Waals surface area contributed by atoms with Gasteiger partial charge in [0.15, 0.2) is 5.69 Å². The highest BCUT2D eigenvalue weighted by atomic mass is 35.5. The van der Waals surface area contributed by atoms with E-state index in [1.54, 1.807) is 31.4 Å². The van der Waals surface area contributed by atoms with Crippen LogP contribution in [0.2, 0.25) is 5.02 Å². The number of anilines is 1. The summed E-state index contributed by atoms with van der Waals surface area (Å²) in [6.45, 7) is 1.93. The van der Waals surface area contributed by atoms with Crippen LogP contribution >= 0.6 is 11.6 Å². The maximum atomic E-state index is 12.3. The molecule has 1 aromatic carbocycles. The molecule has 6 nitrogen and oxygen atoms in total. The van der Waals surface area contributed by atoms with Crippen molar-refractivity contribution in [3.8, 4) is 5.75 Å². The molecule has 1 fully saturated rings. The Hall–Kier alpha value is -2.05. The second kappa shape index (κ2) is 7.02. The lowest BCUT2D eigenvalue weighted by atomic mass is 10.1. The first-order chi connectivity index (χ1) is 11.2. The molecule has 1 aliphatic rings. The predicted octanol–water partition coefficient (Wildman–Crippen LogP) is 2.72. The van der Waals surface area contributed by atoms with E-state index < -0.39 is 0 Å². The minimum Gasteiger partial charge on any atom is -0.495 e. The first kappa shape index (κ1) is 15.8. The number of nitrogens with zero attached hydrogens (tertiary/aromatic N) is 2. The van der Waals surface area contributed by atoms with Gasteiger partial charge in [0.25, 0.3) is 5.91 Å². The van der Waals surface area contributed by atoms with Gasteiger partial charge in [0.2, 0.25) is 0 Å². The Balaban J connectivity index is 1.68. The average molecular weight is 335 g/mol. The summed E-state index contributed by atoms with van der Waals surface area (Å²) in [7, 11) is 1.55. The fraction of sp³-hybridized carbons (Fsp3) is 0.375. The van der Waals surface area contributed by atoms with Gasteiger partial charge in [0.1, 0.15) is 5.75 Å². The standard InChI is InChI=1S/C16H19ClN4O2/c1-23-15-5-4-11(9-13(15)17)19-16(22)14-6-8-21(20-14)12-3-2-7-18-10-12/h4-6,8-9,12,18H,2-3,7,10H2,1H3,(H,19,22). The van der Waals surface area contributed by atoms with E-state index in [1.807, 2.05) is 10.9 Å². The van der Waals surface area contributed by atoms with Crippen molar-refractivity contribution < 1.29 is 9.53 Å². The molecule has 1 amide bonds. The van der Waals surface area contributed by atoms with Crippen molar-refractivity contribution in [2.45, 2.75) is 18.9 Å². The van der Waals surface area contributed by atoms with E-state index in [2.05, 4.69) is 15.7 Å². The fourth-order valence-corrected chi connectivity index (χ4v) is 2.92. The van der Waals surface area contributed by atoms with Crippen molar-refractivity contribution in [3.63, 3.8) is 0 Å². The zero-order chi connectivity index (χ0) is 16.2. The highest BCUT2D eigenvalue weighted by molar-refractivity contribution is 6.32. The zero-order valence-electron chi connectivity index (χ0n) is 12.9. The van der Waals surface area contributed by atoms with Crippen LogP contribution in [0.4, 0.5) is 5.69 Å². The van der Waals surface area contributed by atoms with E-state index in [4.69, 9.17) is 16.3 Å². The van der Waals surface area contributed by atoms with Crippen molar-refractivity contribution in [2.24, 2.45) is 0 Å². The van der Waals surface area contributed by atoms with Crippen LogP contribution in [0, 0.1) is 0 Å². The monoisotopic (exact) mass is 334 g/mol. The topological polar surface area (TPSA) is 68.2 Å². The minimum absolute atomic E-state index is 0.256. The summed E-state index contributed by atoms with van der Waals surface area (Å²) in [5.41, 5.74) is 0.997. The molecule has 0 saturated carbocycles. The summed E-state index contributed by atoms with van der Waals surface area (Å²) < 4.78 is 6.96. The van der Waals surface area contributed by atoms with Crippen LogP contribution in [0.15, 0.2) is 30.5 Å². The van der Waals surface area contributed by atoms with Crippen LogP contribution in [0.1, 0.15) is 29.4 Å². The first-order valence-electron chi connectivity index (χ1n) is 7.58. The van der Waals surface area contributed by atoms with E-state index in [1.165, 1.54) is 0 Å². The largest absolute Gasteiger partial charge is 0.495 e. The van der Waals surface area contributed by atoms with Gasteiger partial charge in [-0.2, -0.15) is 5.10 Å². The Kier molecular flexibility index (Phi) is 4.83. The summed E-state index contributed by atoms with van der Waals surface area (Å²) in [5, 5.41) is 11.0. The lowest BCUT2D eigenvalue weighted by molar-refractivity contribution is 0.102. The van der Waals surface area contributed by atoms with Crippen molar-refractivity contribution in [2.75, 3.05) is 25.5 Å². The number of hydrogen-bond donors (Lipinski definition) is 2. The van der Waals surface area contributed by atoms with Crippen molar-refractivity contribution in [1.82, 2.24) is 15.1 Å². The first-order valence-corrected chi connectivity index (χ1v) is 7.96. The third kappa shape index (κ3) is 3.65. The molecule has 3 rings (SSSR count). The number of ether oxygens (including phenoxy) is 1. The molecule has 0 spiro atoms. The molecule has 0 radical (unpaired) electrons. The molecule has 2 aromatic rings. The summed E-state index contributed by atoms with van der Waals surface area (Å²) in [5.74, 6) is 0.312. The molecule has 1 aliphatic heterocycles. The van der Waals surface area contributed by atoms with Crippen LogP contribution in [0.5, 0.6) is 5.75 Å². The third-order valence-corrected chi connectivity index (χ3v) is 4.19. The maximum Gasteiger partial charge on any atom is 0.276 e. The van der Waals surface area contributed by atoms with Gasteiger partial charge in [-0.05, 0) is 43.7 Å². The molecule has 2 N–H and O–H groups in total. The van der Waals surface area contributed by atoms with Crippen molar-refractivity contribution >= 4 is 23.2 Å². The summed E-state index contributed by atoms with van der Waals surface area (Å²) in [6.07, 6.45) is 4.05. The second-order valence-corrected chi connectivity index (χ2v) is 5.89. The number of benzene rings is 1. The number of hydrogen-bond acceptors (Lipinski definition) is 4. The van der Waals surface area contributed by atoms with E-state index in [0.29, 0.717) is 28.2 Å². The normalized spacial score (nSPS) is 17.7. The van der Waals surface area contributed by atoms with Crippen LogP contribution in [-0.4, -0.2) is 35.9 Å². The minimum atomic E-state index is -0.256. The predicted molar refractivity (Wildman–Crippen MR) is 89.3 cm³/mol. The summed E-state index contributed by atoms with van der Waals surface area (Å²) in [4.78, 5) is 12.3.